The first-order valence-electron chi connectivity index (χ1n) is 5.72. The third-order valence-corrected chi connectivity index (χ3v) is 2.45. The standard InChI is InChI=1S/C11H24N2O2/c1-4-10(14)6-5-7-13-9(2)8-11(15)12-3/h9-10,13-14H,4-8H2,1-3H3,(H,12,15). The maximum absolute atomic E-state index is 11.0. The highest BCUT2D eigenvalue weighted by atomic mass is 16.3. The molecule has 0 aromatic rings. The molecule has 0 aliphatic heterocycles. The summed E-state index contributed by atoms with van der Waals surface area (Å²) in [6.07, 6.45) is 2.92. The van der Waals surface area contributed by atoms with Crippen LogP contribution in [0.2, 0.25) is 0 Å². The SMILES string of the molecule is CCC(O)CCCNC(C)CC(=O)NC. The van der Waals surface area contributed by atoms with E-state index in [1.165, 1.54) is 0 Å². The Hall–Kier alpha value is -0.610. The first-order chi connectivity index (χ1) is 7.10. The summed E-state index contributed by atoms with van der Waals surface area (Å²) in [5.41, 5.74) is 0. The van der Waals surface area contributed by atoms with Gasteiger partial charge in [0, 0.05) is 19.5 Å². The average molecular weight is 216 g/mol. The van der Waals surface area contributed by atoms with Gasteiger partial charge < -0.3 is 15.7 Å². The molecule has 0 aromatic carbocycles. The Morgan fingerprint density at radius 2 is 2.13 bits per heavy atom. The molecule has 0 aromatic heterocycles. The molecule has 4 heteroatoms. The van der Waals surface area contributed by atoms with E-state index in [0.717, 1.165) is 25.8 Å². The lowest BCUT2D eigenvalue weighted by Gasteiger charge is -2.13. The third-order valence-electron chi connectivity index (χ3n) is 2.45. The van der Waals surface area contributed by atoms with Gasteiger partial charge in [0.15, 0.2) is 0 Å². The molecule has 90 valence electrons. The van der Waals surface area contributed by atoms with E-state index in [-0.39, 0.29) is 18.1 Å². The summed E-state index contributed by atoms with van der Waals surface area (Å²) in [6, 6.07) is 0.198. The van der Waals surface area contributed by atoms with Gasteiger partial charge in [-0.05, 0) is 32.7 Å². The number of carbonyl (C=O) groups is 1. The molecule has 3 N–H and O–H groups in total. The predicted molar refractivity (Wildman–Crippen MR) is 61.7 cm³/mol. The minimum atomic E-state index is -0.180. The summed E-state index contributed by atoms with van der Waals surface area (Å²) in [5.74, 6) is 0.0589. The van der Waals surface area contributed by atoms with Crippen LogP contribution in [0.15, 0.2) is 0 Å². The Kier molecular flexibility index (Phi) is 8.33. The van der Waals surface area contributed by atoms with Crippen molar-refractivity contribution < 1.29 is 9.90 Å². The summed E-state index contributed by atoms with van der Waals surface area (Å²) in [6.45, 7) is 4.83. The lowest BCUT2D eigenvalue weighted by atomic mass is 10.1. The first kappa shape index (κ1) is 14.4. The van der Waals surface area contributed by atoms with Crippen molar-refractivity contribution in [2.45, 2.75) is 51.7 Å². The number of carbonyl (C=O) groups excluding carboxylic acids is 1. The van der Waals surface area contributed by atoms with Crippen LogP contribution in [0.5, 0.6) is 0 Å². The zero-order chi connectivity index (χ0) is 11.7. The monoisotopic (exact) mass is 216 g/mol. The molecule has 1 amide bonds. The summed E-state index contributed by atoms with van der Waals surface area (Å²) in [4.78, 5) is 11.0. The van der Waals surface area contributed by atoms with Gasteiger partial charge in [0.05, 0.1) is 6.10 Å². The fourth-order valence-corrected chi connectivity index (χ4v) is 1.34. The molecular formula is C11H24N2O2. The predicted octanol–water partition coefficient (Wildman–Crippen LogP) is 0.652. The number of aliphatic hydroxyl groups excluding tert-OH is 1. The van der Waals surface area contributed by atoms with Crippen molar-refractivity contribution in [3.63, 3.8) is 0 Å². The lowest BCUT2D eigenvalue weighted by Crippen LogP contribution is -2.33. The molecule has 0 rings (SSSR count). The Bertz CT molecular complexity index is 174. The van der Waals surface area contributed by atoms with E-state index in [9.17, 15) is 9.90 Å². The fraction of sp³-hybridized carbons (Fsp3) is 0.909. The third kappa shape index (κ3) is 8.39. The Morgan fingerprint density at radius 1 is 1.47 bits per heavy atom. The largest absolute Gasteiger partial charge is 0.393 e. The molecule has 0 heterocycles. The molecule has 0 aliphatic rings. The Balaban J connectivity index is 3.38. The van der Waals surface area contributed by atoms with Crippen molar-refractivity contribution in [2.24, 2.45) is 0 Å². The number of aliphatic hydroxyl groups is 1. The second kappa shape index (κ2) is 8.68. The van der Waals surface area contributed by atoms with Crippen LogP contribution in [0.25, 0.3) is 0 Å². The quantitative estimate of drug-likeness (QED) is 0.522. The zero-order valence-electron chi connectivity index (χ0n) is 10.0. The molecule has 0 fully saturated rings. The second-order valence-corrected chi connectivity index (χ2v) is 3.94. The number of hydrogen-bond acceptors (Lipinski definition) is 3. The van der Waals surface area contributed by atoms with E-state index in [2.05, 4.69) is 10.6 Å². The van der Waals surface area contributed by atoms with E-state index in [0.29, 0.717) is 6.42 Å². The van der Waals surface area contributed by atoms with Gasteiger partial charge in [-0.1, -0.05) is 6.92 Å². The Morgan fingerprint density at radius 3 is 2.67 bits per heavy atom. The molecule has 0 spiro atoms. The Labute approximate surface area is 92.4 Å². The van der Waals surface area contributed by atoms with Gasteiger partial charge in [-0.2, -0.15) is 0 Å². The van der Waals surface area contributed by atoms with Gasteiger partial charge in [0.1, 0.15) is 0 Å². The summed E-state index contributed by atoms with van der Waals surface area (Å²) < 4.78 is 0. The summed E-state index contributed by atoms with van der Waals surface area (Å²) >= 11 is 0. The normalized spacial score (nSPS) is 14.7. The van der Waals surface area contributed by atoms with E-state index in [1.54, 1.807) is 7.05 Å². The van der Waals surface area contributed by atoms with Gasteiger partial charge in [-0.3, -0.25) is 4.79 Å². The maximum atomic E-state index is 11.0. The molecule has 0 aliphatic carbocycles. The molecular weight excluding hydrogens is 192 g/mol. The van der Waals surface area contributed by atoms with Crippen LogP contribution in [0, 0.1) is 0 Å². The van der Waals surface area contributed by atoms with Gasteiger partial charge in [0.2, 0.25) is 5.91 Å². The van der Waals surface area contributed by atoms with Gasteiger partial charge >= 0.3 is 0 Å². The van der Waals surface area contributed by atoms with Crippen molar-refractivity contribution in [1.29, 1.82) is 0 Å². The van der Waals surface area contributed by atoms with Crippen molar-refractivity contribution in [3.8, 4) is 0 Å². The van der Waals surface area contributed by atoms with Crippen molar-refractivity contribution in [1.82, 2.24) is 10.6 Å². The molecule has 2 unspecified atom stereocenters. The number of rotatable bonds is 8. The smallest absolute Gasteiger partial charge is 0.221 e. The van der Waals surface area contributed by atoms with Gasteiger partial charge in [-0.15, -0.1) is 0 Å². The molecule has 2 atom stereocenters. The molecule has 0 radical (unpaired) electrons. The highest BCUT2D eigenvalue weighted by Gasteiger charge is 2.06. The van der Waals surface area contributed by atoms with Crippen LogP contribution in [0.4, 0.5) is 0 Å². The van der Waals surface area contributed by atoms with Gasteiger partial charge in [-0.25, -0.2) is 0 Å². The lowest BCUT2D eigenvalue weighted by molar-refractivity contribution is -0.121. The number of hydrogen-bond donors (Lipinski definition) is 3. The topological polar surface area (TPSA) is 61.4 Å². The summed E-state index contributed by atoms with van der Waals surface area (Å²) in [7, 11) is 1.65. The van der Waals surface area contributed by atoms with Crippen LogP contribution in [0.1, 0.15) is 39.5 Å². The number of nitrogens with one attached hydrogen (secondary N) is 2. The van der Waals surface area contributed by atoms with Crippen LogP contribution in [-0.2, 0) is 4.79 Å². The first-order valence-corrected chi connectivity index (χ1v) is 5.72. The van der Waals surface area contributed by atoms with E-state index in [4.69, 9.17) is 0 Å². The van der Waals surface area contributed by atoms with Crippen LogP contribution >= 0.6 is 0 Å². The molecule has 4 nitrogen and oxygen atoms in total. The van der Waals surface area contributed by atoms with Gasteiger partial charge in [0.25, 0.3) is 0 Å². The van der Waals surface area contributed by atoms with E-state index >= 15 is 0 Å². The minimum absolute atomic E-state index is 0.0589. The molecule has 0 saturated carbocycles. The van der Waals surface area contributed by atoms with Crippen LogP contribution in [-0.4, -0.2) is 36.8 Å². The van der Waals surface area contributed by atoms with Crippen molar-refractivity contribution in [3.05, 3.63) is 0 Å². The van der Waals surface area contributed by atoms with E-state index < -0.39 is 0 Å². The minimum Gasteiger partial charge on any atom is -0.393 e. The fourth-order valence-electron chi connectivity index (χ4n) is 1.34. The highest BCUT2D eigenvalue weighted by molar-refractivity contribution is 5.76. The number of amides is 1. The average Bonchev–Trinajstić information content (AvgIpc) is 2.23. The molecule has 0 saturated heterocycles. The zero-order valence-corrected chi connectivity index (χ0v) is 10.0. The van der Waals surface area contributed by atoms with Crippen molar-refractivity contribution in [2.75, 3.05) is 13.6 Å². The van der Waals surface area contributed by atoms with Crippen LogP contribution in [0.3, 0.4) is 0 Å². The summed E-state index contributed by atoms with van der Waals surface area (Å²) in [5, 5.41) is 15.2. The maximum Gasteiger partial charge on any atom is 0.221 e. The van der Waals surface area contributed by atoms with Crippen LogP contribution < -0.4 is 10.6 Å². The van der Waals surface area contributed by atoms with E-state index in [1.807, 2.05) is 13.8 Å². The molecule has 0 bridgehead atoms. The highest BCUT2D eigenvalue weighted by Crippen LogP contribution is 2.00. The molecule has 15 heavy (non-hydrogen) atoms. The van der Waals surface area contributed by atoms with Crippen molar-refractivity contribution >= 4 is 5.91 Å². The second-order valence-electron chi connectivity index (χ2n) is 3.94.